The summed E-state index contributed by atoms with van der Waals surface area (Å²) in [6.45, 7) is 4.46. The van der Waals surface area contributed by atoms with Crippen molar-refractivity contribution in [3.05, 3.63) is 0 Å². The van der Waals surface area contributed by atoms with E-state index in [1.807, 2.05) is 13.8 Å². The zero-order valence-corrected chi connectivity index (χ0v) is 10.7. The number of carbonyl (C=O) groups excluding carboxylic acids is 1. The number of hydrogen-bond donors (Lipinski definition) is 2. The van der Waals surface area contributed by atoms with Gasteiger partial charge in [0.25, 0.3) is 0 Å². The number of carbonyl (C=O) groups is 1. The molecule has 0 aromatic carbocycles. The van der Waals surface area contributed by atoms with Crippen LogP contribution in [0.2, 0.25) is 0 Å². The maximum Gasteiger partial charge on any atom is 0.234 e. The lowest BCUT2D eigenvalue weighted by molar-refractivity contribution is -0.120. The van der Waals surface area contributed by atoms with Crippen LogP contribution in [0.15, 0.2) is 0 Å². The van der Waals surface area contributed by atoms with Gasteiger partial charge in [-0.15, -0.1) is 0 Å². The molecule has 0 heterocycles. The van der Waals surface area contributed by atoms with Crippen molar-refractivity contribution in [2.75, 3.05) is 6.54 Å². The first-order valence-electron chi connectivity index (χ1n) is 6.71. The second kappa shape index (κ2) is 7.66. The Morgan fingerprint density at radius 2 is 1.69 bits per heavy atom. The van der Waals surface area contributed by atoms with Crippen LogP contribution in [0.1, 0.15) is 58.8 Å². The van der Waals surface area contributed by atoms with E-state index in [0.29, 0.717) is 12.6 Å². The molecule has 0 aromatic heterocycles. The number of nitrogens with one attached hydrogen (secondary N) is 2. The highest BCUT2D eigenvalue weighted by Crippen LogP contribution is 2.16. The van der Waals surface area contributed by atoms with Gasteiger partial charge < -0.3 is 10.6 Å². The van der Waals surface area contributed by atoms with Crippen molar-refractivity contribution in [1.29, 1.82) is 0 Å². The Hall–Kier alpha value is -0.570. The first kappa shape index (κ1) is 13.5. The SMILES string of the molecule is CC(C)NC(=O)CNC1CCCCCCC1. The van der Waals surface area contributed by atoms with Gasteiger partial charge >= 0.3 is 0 Å². The van der Waals surface area contributed by atoms with Crippen molar-refractivity contribution in [2.24, 2.45) is 0 Å². The number of rotatable bonds is 4. The van der Waals surface area contributed by atoms with Crippen LogP contribution >= 0.6 is 0 Å². The van der Waals surface area contributed by atoms with Crippen molar-refractivity contribution in [3.63, 3.8) is 0 Å². The monoisotopic (exact) mass is 226 g/mol. The first-order valence-corrected chi connectivity index (χ1v) is 6.71. The van der Waals surface area contributed by atoms with E-state index in [1.165, 1.54) is 44.9 Å². The van der Waals surface area contributed by atoms with Gasteiger partial charge in [0.15, 0.2) is 0 Å². The molecular formula is C13H26N2O. The fraction of sp³-hybridized carbons (Fsp3) is 0.923. The molecule has 1 saturated carbocycles. The van der Waals surface area contributed by atoms with Crippen molar-refractivity contribution in [1.82, 2.24) is 10.6 Å². The minimum absolute atomic E-state index is 0.122. The van der Waals surface area contributed by atoms with Gasteiger partial charge in [-0.05, 0) is 26.7 Å². The zero-order valence-electron chi connectivity index (χ0n) is 10.7. The average molecular weight is 226 g/mol. The molecule has 94 valence electrons. The second-order valence-electron chi connectivity index (χ2n) is 5.15. The molecule has 0 bridgehead atoms. The van der Waals surface area contributed by atoms with Crippen molar-refractivity contribution in [3.8, 4) is 0 Å². The van der Waals surface area contributed by atoms with Crippen LogP contribution in [0.3, 0.4) is 0 Å². The standard InChI is InChI=1S/C13H26N2O/c1-11(2)15-13(16)10-14-12-8-6-4-3-5-7-9-12/h11-12,14H,3-10H2,1-2H3,(H,15,16). The third-order valence-corrected chi connectivity index (χ3v) is 3.11. The lowest BCUT2D eigenvalue weighted by Crippen LogP contribution is -2.41. The van der Waals surface area contributed by atoms with Gasteiger partial charge in [0.2, 0.25) is 5.91 Å². The predicted molar refractivity (Wildman–Crippen MR) is 67.4 cm³/mol. The Bertz CT molecular complexity index is 196. The van der Waals surface area contributed by atoms with Gasteiger partial charge in [0.05, 0.1) is 6.54 Å². The van der Waals surface area contributed by atoms with Crippen molar-refractivity contribution < 1.29 is 4.79 Å². The van der Waals surface area contributed by atoms with Crippen LogP contribution in [0, 0.1) is 0 Å². The van der Waals surface area contributed by atoms with Crippen LogP contribution in [-0.2, 0) is 4.79 Å². The summed E-state index contributed by atoms with van der Waals surface area (Å²) in [7, 11) is 0. The Morgan fingerprint density at radius 1 is 1.12 bits per heavy atom. The molecule has 0 aromatic rings. The molecule has 0 radical (unpaired) electrons. The normalized spacial score (nSPS) is 19.2. The van der Waals surface area contributed by atoms with E-state index < -0.39 is 0 Å². The summed E-state index contributed by atoms with van der Waals surface area (Å²) in [5.41, 5.74) is 0. The highest BCUT2D eigenvalue weighted by molar-refractivity contribution is 5.78. The molecule has 3 heteroatoms. The van der Waals surface area contributed by atoms with Gasteiger partial charge in [-0.2, -0.15) is 0 Å². The van der Waals surface area contributed by atoms with E-state index in [1.54, 1.807) is 0 Å². The van der Waals surface area contributed by atoms with Gasteiger partial charge in [-0.3, -0.25) is 4.79 Å². The summed E-state index contributed by atoms with van der Waals surface area (Å²) in [5, 5.41) is 6.29. The smallest absolute Gasteiger partial charge is 0.234 e. The lowest BCUT2D eigenvalue weighted by atomic mass is 9.97. The summed E-state index contributed by atoms with van der Waals surface area (Å²) in [4.78, 5) is 11.5. The van der Waals surface area contributed by atoms with Crippen molar-refractivity contribution in [2.45, 2.75) is 70.9 Å². The fourth-order valence-electron chi connectivity index (χ4n) is 2.27. The molecule has 0 spiro atoms. The minimum atomic E-state index is 0.122. The highest BCUT2D eigenvalue weighted by atomic mass is 16.1. The zero-order chi connectivity index (χ0) is 11.8. The Kier molecular flexibility index (Phi) is 6.46. The molecule has 1 aliphatic rings. The predicted octanol–water partition coefficient (Wildman–Crippen LogP) is 2.21. The third kappa shape index (κ3) is 6.11. The van der Waals surface area contributed by atoms with Crippen LogP contribution in [0.4, 0.5) is 0 Å². The van der Waals surface area contributed by atoms with Crippen LogP contribution in [-0.4, -0.2) is 24.5 Å². The van der Waals surface area contributed by atoms with Crippen molar-refractivity contribution >= 4 is 5.91 Å². The van der Waals surface area contributed by atoms with E-state index in [9.17, 15) is 4.79 Å². The largest absolute Gasteiger partial charge is 0.353 e. The summed E-state index contributed by atoms with van der Waals surface area (Å²) in [6.07, 6.45) is 9.18. The molecule has 1 amide bonds. The average Bonchev–Trinajstić information content (AvgIpc) is 2.14. The molecular weight excluding hydrogens is 200 g/mol. The van der Waals surface area contributed by atoms with Gasteiger partial charge in [0.1, 0.15) is 0 Å². The van der Waals surface area contributed by atoms with E-state index in [0.717, 1.165) is 0 Å². The Balaban J connectivity index is 2.16. The molecule has 0 aliphatic heterocycles. The number of amides is 1. The maximum absolute atomic E-state index is 11.5. The van der Waals surface area contributed by atoms with Gasteiger partial charge in [-0.1, -0.05) is 32.1 Å². The summed E-state index contributed by atoms with van der Waals surface area (Å²) < 4.78 is 0. The highest BCUT2D eigenvalue weighted by Gasteiger charge is 2.12. The molecule has 1 fully saturated rings. The van der Waals surface area contributed by atoms with Gasteiger partial charge in [-0.25, -0.2) is 0 Å². The number of hydrogen-bond acceptors (Lipinski definition) is 2. The summed E-state index contributed by atoms with van der Waals surface area (Å²) >= 11 is 0. The topological polar surface area (TPSA) is 41.1 Å². The van der Waals surface area contributed by atoms with E-state index in [4.69, 9.17) is 0 Å². The minimum Gasteiger partial charge on any atom is -0.353 e. The fourth-order valence-corrected chi connectivity index (χ4v) is 2.27. The molecule has 16 heavy (non-hydrogen) atoms. The summed E-state index contributed by atoms with van der Waals surface area (Å²) in [6, 6.07) is 0.796. The second-order valence-corrected chi connectivity index (χ2v) is 5.15. The maximum atomic E-state index is 11.5. The molecule has 1 rings (SSSR count). The van der Waals surface area contributed by atoms with E-state index in [-0.39, 0.29) is 11.9 Å². The van der Waals surface area contributed by atoms with Crippen LogP contribution < -0.4 is 10.6 Å². The Morgan fingerprint density at radius 3 is 2.25 bits per heavy atom. The Labute approximate surface area is 99.4 Å². The molecule has 0 atom stereocenters. The third-order valence-electron chi connectivity index (χ3n) is 3.11. The quantitative estimate of drug-likeness (QED) is 0.771. The first-order chi connectivity index (χ1) is 7.68. The molecule has 3 nitrogen and oxygen atoms in total. The van der Waals surface area contributed by atoms with E-state index in [2.05, 4.69) is 10.6 Å². The van der Waals surface area contributed by atoms with E-state index >= 15 is 0 Å². The van der Waals surface area contributed by atoms with Crippen LogP contribution in [0.25, 0.3) is 0 Å². The molecule has 0 saturated heterocycles. The molecule has 1 aliphatic carbocycles. The lowest BCUT2D eigenvalue weighted by Gasteiger charge is -2.21. The molecule has 2 N–H and O–H groups in total. The van der Waals surface area contributed by atoms with Crippen LogP contribution in [0.5, 0.6) is 0 Å². The van der Waals surface area contributed by atoms with Gasteiger partial charge in [0, 0.05) is 12.1 Å². The summed E-state index contributed by atoms with van der Waals surface area (Å²) in [5.74, 6) is 0.122. The molecule has 0 unspecified atom stereocenters.